The van der Waals surface area contributed by atoms with Crippen LogP contribution in [0.2, 0.25) is 5.02 Å². The number of hydrogen-bond acceptors (Lipinski definition) is 6. The molecule has 3 aromatic rings. The minimum atomic E-state index is -0.554. The molecule has 2 aliphatic rings. The van der Waals surface area contributed by atoms with Gasteiger partial charge in [-0.25, -0.2) is 19.2 Å². The standard InChI is InChI=1S/C25H27ClFN5O3/c1-34-21-14-20-17(24(29-15-28-20)30-19-6-4-5-18(26)23(19)27)13-22(21)35-16-7-11-32(12-8-16)25(33)31-9-2-3-10-31/h4-6,13-16H,2-3,7-12H2,1H3,(H,28,29,30). The van der Waals surface area contributed by atoms with Crippen LogP contribution >= 0.6 is 11.6 Å². The van der Waals surface area contributed by atoms with Crippen molar-refractivity contribution in [2.75, 3.05) is 38.6 Å². The highest BCUT2D eigenvalue weighted by molar-refractivity contribution is 6.31. The Morgan fingerprint density at radius 1 is 1.09 bits per heavy atom. The number of ether oxygens (including phenoxy) is 2. The molecule has 2 saturated heterocycles. The lowest BCUT2D eigenvalue weighted by atomic mass is 10.1. The zero-order chi connectivity index (χ0) is 24.4. The average Bonchev–Trinajstić information content (AvgIpc) is 3.42. The van der Waals surface area contributed by atoms with E-state index in [1.54, 1.807) is 31.4 Å². The van der Waals surface area contributed by atoms with Gasteiger partial charge in [-0.3, -0.25) is 0 Å². The van der Waals surface area contributed by atoms with Crippen molar-refractivity contribution in [2.24, 2.45) is 0 Å². The number of benzene rings is 2. The van der Waals surface area contributed by atoms with Gasteiger partial charge in [0.1, 0.15) is 18.2 Å². The molecule has 3 heterocycles. The number of urea groups is 1. The molecule has 1 aromatic heterocycles. The Kier molecular flexibility index (Phi) is 6.77. The van der Waals surface area contributed by atoms with Gasteiger partial charge in [0, 0.05) is 50.5 Å². The van der Waals surface area contributed by atoms with E-state index in [-0.39, 0.29) is 22.8 Å². The Hall–Kier alpha value is -3.33. The van der Waals surface area contributed by atoms with Crippen molar-refractivity contribution in [3.05, 3.63) is 47.5 Å². The smallest absolute Gasteiger partial charge is 0.320 e. The molecular weight excluding hydrogens is 473 g/mol. The van der Waals surface area contributed by atoms with E-state index in [0.717, 1.165) is 38.8 Å². The van der Waals surface area contributed by atoms with Gasteiger partial charge in [-0.15, -0.1) is 0 Å². The second-order valence-corrected chi connectivity index (χ2v) is 9.16. The average molecular weight is 500 g/mol. The molecule has 5 rings (SSSR count). The first kappa shape index (κ1) is 23.4. The van der Waals surface area contributed by atoms with Crippen LogP contribution in [0.3, 0.4) is 0 Å². The Morgan fingerprint density at radius 2 is 1.83 bits per heavy atom. The Morgan fingerprint density at radius 3 is 2.57 bits per heavy atom. The SMILES string of the molecule is COc1cc2ncnc(Nc3cccc(Cl)c3F)c2cc1OC1CCN(C(=O)N2CCCC2)CC1. The van der Waals surface area contributed by atoms with Gasteiger partial charge in [0.05, 0.1) is 23.3 Å². The third-order valence-corrected chi connectivity index (χ3v) is 6.80. The predicted molar refractivity (Wildman–Crippen MR) is 132 cm³/mol. The van der Waals surface area contributed by atoms with Crippen molar-refractivity contribution in [2.45, 2.75) is 31.8 Å². The van der Waals surface area contributed by atoms with E-state index in [2.05, 4.69) is 15.3 Å². The highest BCUT2D eigenvalue weighted by Crippen LogP contribution is 2.37. The summed E-state index contributed by atoms with van der Waals surface area (Å²) in [4.78, 5) is 25.2. The second-order valence-electron chi connectivity index (χ2n) is 8.75. The summed E-state index contributed by atoms with van der Waals surface area (Å²) < 4.78 is 26.4. The Labute approximate surface area is 208 Å². The molecule has 0 radical (unpaired) electrons. The molecule has 2 amide bonds. The number of likely N-dealkylation sites (tertiary alicyclic amines) is 2. The van der Waals surface area contributed by atoms with Gasteiger partial charge in [-0.2, -0.15) is 0 Å². The van der Waals surface area contributed by atoms with Crippen LogP contribution in [0.5, 0.6) is 11.5 Å². The van der Waals surface area contributed by atoms with Crippen molar-refractivity contribution in [3.63, 3.8) is 0 Å². The van der Waals surface area contributed by atoms with Crippen LogP contribution in [0, 0.1) is 5.82 Å². The Bertz CT molecular complexity index is 1230. The minimum Gasteiger partial charge on any atom is -0.493 e. The largest absolute Gasteiger partial charge is 0.493 e. The first-order valence-electron chi connectivity index (χ1n) is 11.8. The number of carbonyl (C=O) groups is 1. The number of fused-ring (bicyclic) bond motifs is 1. The van der Waals surface area contributed by atoms with E-state index in [0.29, 0.717) is 41.3 Å². The van der Waals surface area contributed by atoms with E-state index in [9.17, 15) is 9.18 Å². The number of carbonyl (C=O) groups excluding carboxylic acids is 1. The number of hydrogen-bond donors (Lipinski definition) is 1. The third-order valence-electron chi connectivity index (χ3n) is 6.51. The molecule has 1 N–H and O–H groups in total. The van der Waals surface area contributed by atoms with Crippen LogP contribution in [0.4, 0.5) is 20.7 Å². The van der Waals surface area contributed by atoms with Crippen LogP contribution in [0.25, 0.3) is 10.9 Å². The van der Waals surface area contributed by atoms with Gasteiger partial charge >= 0.3 is 6.03 Å². The van der Waals surface area contributed by atoms with Gasteiger partial charge in [-0.1, -0.05) is 17.7 Å². The quantitative estimate of drug-likeness (QED) is 0.517. The van der Waals surface area contributed by atoms with Gasteiger partial charge in [0.25, 0.3) is 0 Å². The molecule has 2 fully saturated rings. The number of halogens is 2. The summed E-state index contributed by atoms with van der Waals surface area (Å²) >= 11 is 5.93. The number of piperidine rings is 1. The number of methoxy groups -OCH3 is 1. The summed E-state index contributed by atoms with van der Waals surface area (Å²) in [6.45, 7) is 3.00. The molecule has 0 bridgehead atoms. The minimum absolute atomic E-state index is 0.0219. The number of nitrogens with one attached hydrogen (secondary N) is 1. The number of anilines is 2. The second kappa shape index (κ2) is 10.1. The lowest BCUT2D eigenvalue weighted by Crippen LogP contribution is -2.47. The molecule has 0 saturated carbocycles. The molecule has 2 aliphatic heterocycles. The zero-order valence-electron chi connectivity index (χ0n) is 19.5. The van der Waals surface area contributed by atoms with Crippen LogP contribution in [0.15, 0.2) is 36.7 Å². The highest BCUT2D eigenvalue weighted by Gasteiger charge is 2.29. The monoisotopic (exact) mass is 499 g/mol. The van der Waals surface area contributed by atoms with Gasteiger partial charge in [-0.05, 0) is 31.0 Å². The van der Waals surface area contributed by atoms with Crippen molar-refractivity contribution in [1.82, 2.24) is 19.8 Å². The number of rotatable bonds is 5. The van der Waals surface area contributed by atoms with E-state index in [4.69, 9.17) is 21.1 Å². The maximum absolute atomic E-state index is 14.5. The predicted octanol–water partition coefficient (Wildman–Crippen LogP) is 5.23. The molecule has 8 nitrogen and oxygen atoms in total. The molecule has 35 heavy (non-hydrogen) atoms. The van der Waals surface area contributed by atoms with Crippen molar-refractivity contribution < 1.29 is 18.7 Å². The molecule has 0 spiro atoms. The fraction of sp³-hybridized carbons (Fsp3) is 0.400. The summed E-state index contributed by atoms with van der Waals surface area (Å²) in [6, 6.07) is 8.45. The van der Waals surface area contributed by atoms with Crippen LogP contribution in [-0.2, 0) is 0 Å². The first-order chi connectivity index (χ1) is 17.0. The molecule has 0 unspecified atom stereocenters. The number of aromatic nitrogens is 2. The number of nitrogens with zero attached hydrogens (tertiary/aromatic N) is 4. The maximum atomic E-state index is 14.5. The summed E-state index contributed by atoms with van der Waals surface area (Å²) in [5.41, 5.74) is 0.839. The zero-order valence-corrected chi connectivity index (χ0v) is 20.2. The van der Waals surface area contributed by atoms with Crippen molar-refractivity contribution >= 4 is 40.0 Å². The molecule has 184 valence electrons. The van der Waals surface area contributed by atoms with E-state index >= 15 is 0 Å². The molecule has 0 aliphatic carbocycles. The third kappa shape index (κ3) is 4.91. The summed E-state index contributed by atoms with van der Waals surface area (Å²) in [6.07, 6.45) is 4.96. The molecule has 2 aromatic carbocycles. The molecular formula is C25H27ClFN5O3. The fourth-order valence-electron chi connectivity index (χ4n) is 4.60. The first-order valence-corrected chi connectivity index (χ1v) is 12.2. The van der Waals surface area contributed by atoms with E-state index in [1.807, 2.05) is 9.80 Å². The summed E-state index contributed by atoms with van der Waals surface area (Å²) in [5.74, 6) is 0.969. The normalized spacial score (nSPS) is 16.5. The lowest BCUT2D eigenvalue weighted by molar-refractivity contribution is 0.0963. The Balaban J connectivity index is 1.35. The maximum Gasteiger partial charge on any atom is 0.320 e. The fourth-order valence-corrected chi connectivity index (χ4v) is 4.77. The van der Waals surface area contributed by atoms with Crippen LogP contribution in [0.1, 0.15) is 25.7 Å². The highest BCUT2D eigenvalue weighted by atomic mass is 35.5. The lowest BCUT2D eigenvalue weighted by Gasteiger charge is -2.34. The van der Waals surface area contributed by atoms with Crippen molar-refractivity contribution in [3.8, 4) is 11.5 Å². The van der Waals surface area contributed by atoms with Gasteiger partial charge in [0.15, 0.2) is 17.3 Å². The summed E-state index contributed by atoms with van der Waals surface area (Å²) in [5, 5.41) is 3.69. The van der Waals surface area contributed by atoms with Crippen molar-refractivity contribution in [1.29, 1.82) is 0 Å². The van der Waals surface area contributed by atoms with E-state index < -0.39 is 5.82 Å². The van der Waals surface area contributed by atoms with Crippen LogP contribution < -0.4 is 14.8 Å². The molecule has 0 atom stereocenters. The topological polar surface area (TPSA) is 79.8 Å². The summed E-state index contributed by atoms with van der Waals surface area (Å²) in [7, 11) is 1.58. The van der Waals surface area contributed by atoms with E-state index in [1.165, 1.54) is 12.4 Å². The molecule has 10 heteroatoms. The van der Waals surface area contributed by atoms with Gasteiger partial charge < -0.3 is 24.6 Å². The van der Waals surface area contributed by atoms with Crippen LogP contribution in [-0.4, -0.2) is 65.2 Å². The number of amides is 2. The van der Waals surface area contributed by atoms with Gasteiger partial charge in [0.2, 0.25) is 0 Å².